The van der Waals surface area contributed by atoms with Gasteiger partial charge in [-0.2, -0.15) is 0 Å². The zero-order chi connectivity index (χ0) is 13.5. The van der Waals surface area contributed by atoms with Gasteiger partial charge in [-0.1, -0.05) is 13.8 Å². The van der Waals surface area contributed by atoms with Gasteiger partial charge >= 0.3 is 5.97 Å². The number of hydrogen-bond donors (Lipinski definition) is 2. The largest absolute Gasteiger partial charge is 0.478 e. The Morgan fingerprint density at radius 3 is 2.67 bits per heavy atom. The van der Waals surface area contributed by atoms with Crippen LogP contribution in [0.25, 0.3) is 0 Å². The monoisotopic (exact) mass is 254 g/mol. The number of nitrogens with one attached hydrogen (secondary N) is 1. The van der Waals surface area contributed by atoms with Crippen LogP contribution in [-0.4, -0.2) is 41.7 Å². The van der Waals surface area contributed by atoms with Crippen molar-refractivity contribution in [3.8, 4) is 0 Å². The maximum absolute atomic E-state index is 10.7. The standard InChI is InChI=1S/C13H22N2O3/c1-4-15(5-2)8-10(3)14-7-12-6-11(9-18-12)13(16)17/h6,9-10,14H,4-5,7-8H2,1-3H3,(H,16,17). The highest BCUT2D eigenvalue weighted by molar-refractivity contribution is 5.87. The second kappa shape index (κ2) is 7.18. The lowest BCUT2D eigenvalue weighted by Gasteiger charge is -2.23. The Morgan fingerprint density at radius 2 is 2.17 bits per heavy atom. The lowest BCUT2D eigenvalue weighted by atomic mass is 10.2. The molecule has 0 bridgehead atoms. The number of carboxylic acids is 1. The third-order valence-corrected chi connectivity index (χ3v) is 2.95. The van der Waals surface area contributed by atoms with Crippen LogP contribution < -0.4 is 5.32 Å². The molecule has 1 unspecified atom stereocenters. The number of rotatable bonds is 8. The molecule has 1 aromatic heterocycles. The maximum Gasteiger partial charge on any atom is 0.338 e. The number of carboxylic acid groups (broad SMARTS) is 1. The number of furan rings is 1. The van der Waals surface area contributed by atoms with E-state index in [9.17, 15) is 4.79 Å². The predicted octanol–water partition coefficient (Wildman–Crippen LogP) is 1.80. The number of carbonyl (C=O) groups is 1. The maximum atomic E-state index is 10.7. The van der Waals surface area contributed by atoms with Gasteiger partial charge in [-0.15, -0.1) is 0 Å². The molecule has 2 N–H and O–H groups in total. The topological polar surface area (TPSA) is 65.7 Å². The fourth-order valence-corrected chi connectivity index (χ4v) is 1.79. The van der Waals surface area contributed by atoms with E-state index in [1.54, 1.807) is 6.07 Å². The second-order valence-electron chi connectivity index (χ2n) is 4.37. The van der Waals surface area contributed by atoms with Crippen LogP contribution in [0.3, 0.4) is 0 Å². The summed E-state index contributed by atoms with van der Waals surface area (Å²) in [6.45, 7) is 9.98. The summed E-state index contributed by atoms with van der Waals surface area (Å²) in [7, 11) is 0. The van der Waals surface area contributed by atoms with E-state index in [0.717, 1.165) is 19.6 Å². The third-order valence-electron chi connectivity index (χ3n) is 2.95. The lowest BCUT2D eigenvalue weighted by Crippen LogP contribution is -2.38. The van der Waals surface area contributed by atoms with Crippen molar-refractivity contribution in [1.29, 1.82) is 0 Å². The molecular formula is C13H22N2O3. The van der Waals surface area contributed by atoms with E-state index in [-0.39, 0.29) is 5.56 Å². The quantitative estimate of drug-likeness (QED) is 0.740. The highest BCUT2D eigenvalue weighted by atomic mass is 16.4. The van der Waals surface area contributed by atoms with E-state index in [1.807, 2.05) is 0 Å². The number of likely N-dealkylation sites (N-methyl/N-ethyl adjacent to an activating group) is 1. The van der Waals surface area contributed by atoms with Gasteiger partial charge in [0.2, 0.25) is 0 Å². The minimum Gasteiger partial charge on any atom is -0.478 e. The van der Waals surface area contributed by atoms with Crippen molar-refractivity contribution >= 4 is 5.97 Å². The first-order valence-corrected chi connectivity index (χ1v) is 6.33. The van der Waals surface area contributed by atoms with Crippen LogP contribution in [0.2, 0.25) is 0 Å². The fourth-order valence-electron chi connectivity index (χ4n) is 1.79. The molecule has 102 valence electrons. The van der Waals surface area contributed by atoms with Gasteiger partial charge < -0.3 is 19.7 Å². The average Bonchev–Trinajstić information content (AvgIpc) is 2.82. The molecule has 1 atom stereocenters. The van der Waals surface area contributed by atoms with E-state index in [2.05, 4.69) is 31.0 Å². The molecule has 0 spiro atoms. The highest BCUT2D eigenvalue weighted by Crippen LogP contribution is 2.07. The molecule has 1 aromatic rings. The first kappa shape index (κ1) is 14.7. The van der Waals surface area contributed by atoms with Gasteiger partial charge in [0, 0.05) is 12.6 Å². The molecule has 18 heavy (non-hydrogen) atoms. The molecule has 0 aliphatic rings. The van der Waals surface area contributed by atoms with Crippen LogP contribution >= 0.6 is 0 Å². The van der Waals surface area contributed by atoms with Crippen molar-refractivity contribution in [2.45, 2.75) is 33.4 Å². The van der Waals surface area contributed by atoms with Crippen LogP contribution in [0, 0.1) is 0 Å². The van der Waals surface area contributed by atoms with Crippen LogP contribution in [0.4, 0.5) is 0 Å². The molecule has 0 aliphatic carbocycles. The summed E-state index contributed by atoms with van der Waals surface area (Å²) >= 11 is 0. The van der Waals surface area contributed by atoms with Crippen LogP contribution in [0.15, 0.2) is 16.7 Å². The predicted molar refractivity (Wildman–Crippen MR) is 69.8 cm³/mol. The molecule has 5 nitrogen and oxygen atoms in total. The van der Waals surface area contributed by atoms with E-state index >= 15 is 0 Å². The van der Waals surface area contributed by atoms with Crippen molar-refractivity contribution in [2.24, 2.45) is 0 Å². The van der Waals surface area contributed by atoms with Crippen molar-refractivity contribution in [3.63, 3.8) is 0 Å². The molecule has 0 saturated carbocycles. The summed E-state index contributed by atoms with van der Waals surface area (Å²) in [6, 6.07) is 1.89. The smallest absolute Gasteiger partial charge is 0.338 e. The van der Waals surface area contributed by atoms with Gasteiger partial charge in [-0.05, 0) is 26.1 Å². The first-order chi connectivity index (χ1) is 8.56. The Balaban J connectivity index is 2.37. The van der Waals surface area contributed by atoms with Crippen molar-refractivity contribution in [2.75, 3.05) is 19.6 Å². The Hall–Kier alpha value is -1.33. The summed E-state index contributed by atoms with van der Waals surface area (Å²) in [5.41, 5.74) is 0.197. The fraction of sp³-hybridized carbons (Fsp3) is 0.615. The Kier molecular flexibility index (Phi) is 5.88. The Bertz CT molecular complexity index is 372. The molecule has 0 saturated heterocycles. The molecule has 1 rings (SSSR count). The average molecular weight is 254 g/mol. The minimum absolute atomic E-state index is 0.197. The second-order valence-corrected chi connectivity index (χ2v) is 4.37. The zero-order valence-corrected chi connectivity index (χ0v) is 11.3. The molecule has 1 heterocycles. The SMILES string of the molecule is CCN(CC)CC(C)NCc1cc(C(=O)O)co1. The van der Waals surface area contributed by atoms with Crippen LogP contribution in [0.1, 0.15) is 36.9 Å². The third kappa shape index (κ3) is 4.50. The van der Waals surface area contributed by atoms with E-state index in [4.69, 9.17) is 9.52 Å². The zero-order valence-electron chi connectivity index (χ0n) is 11.3. The molecule has 0 aliphatic heterocycles. The van der Waals surface area contributed by atoms with E-state index in [0.29, 0.717) is 18.3 Å². The molecular weight excluding hydrogens is 232 g/mol. The summed E-state index contributed by atoms with van der Waals surface area (Å²) < 4.78 is 5.18. The van der Waals surface area contributed by atoms with Crippen LogP contribution in [0.5, 0.6) is 0 Å². The minimum atomic E-state index is -0.957. The Labute approximate surface area is 108 Å². The Morgan fingerprint density at radius 1 is 1.50 bits per heavy atom. The number of nitrogens with zero attached hydrogens (tertiary/aromatic N) is 1. The molecule has 0 amide bonds. The first-order valence-electron chi connectivity index (χ1n) is 6.33. The number of aromatic carboxylic acids is 1. The normalized spacial score (nSPS) is 12.9. The molecule has 0 radical (unpaired) electrons. The van der Waals surface area contributed by atoms with Gasteiger partial charge in [0.25, 0.3) is 0 Å². The highest BCUT2D eigenvalue weighted by Gasteiger charge is 2.10. The summed E-state index contributed by atoms with van der Waals surface area (Å²) in [5, 5.41) is 12.1. The summed E-state index contributed by atoms with van der Waals surface area (Å²) in [6.07, 6.45) is 1.27. The van der Waals surface area contributed by atoms with Gasteiger partial charge in [0.05, 0.1) is 12.1 Å². The van der Waals surface area contributed by atoms with Gasteiger partial charge in [0.1, 0.15) is 12.0 Å². The van der Waals surface area contributed by atoms with Gasteiger partial charge in [-0.25, -0.2) is 4.79 Å². The van der Waals surface area contributed by atoms with Crippen molar-refractivity contribution < 1.29 is 14.3 Å². The van der Waals surface area contributed by atoms with E-state index < -0.39 is 5.97 Å². The van der Waals surface area contributed by atoms with E-state index in [1.165, 1.54) is 6.26 Å². The molecule has 5 heteroatoms. The van der Waals surface area contributed by atoms with Crippen molar-refractivity contribution in [3.05, 3.63) is 23.7 Å². The van der Waals surface area contributed by atoms with Gasteiger partial charge in [0.15, 0.2) is 0 Å². The summed E-state index contributed by atoms with van der Waals surface area (Å²) in [5.74, 6) is -0.306. The molecule has 0 fully saturated rings. The lowest BCUT2D eigenvalue weighted by molar-refractivity contribution is 0.0696. The summed E-state index contributed by atoms with van der Waals surface area (Å²) in [4.78, 5) is 13.0. The number of hydrogen-bond acceptors (Lipinski definition) is 4. The van der Waals surface area contributed by atoms with Gasteiger partial charge in [-0.3, -0.25) is 0 Å². The van der Waals surface area contributed by atoms with Crippen LogP contribution in [-0.2, 0) is 6.54 Å². The molecule has 0 aromatic carbocycles. The van der Waals surface area contributed by atoms with Crippen molar-refractivity contribution in [1.82, 2.24) is 10.2 Å².